The molecule has 114 valence electrons. The Labute approximate surface area is 119 Å². The van der Waals surface area contributed by atoms with Gasteiger partial charge in [0.2, 0.25) is 18.2 Å². The molecule has 0 aromatic carbocycles. The van der Waals surface area contributed by atoms with Crippen LogP contribution in [-0.4, -0.2) is 42.9 Å². The van der Waals surface area contributed by atoms with Crippen LogP contribution in [-0.2, 0) is 14.4 Å². The van der Waals surface area contributed by atoms with Gasteiger partial charge in [-0.15, -0.1) is 0 Å². The summed E-state index contributed by atoms with van der Waals surface area (Å²) in [6, 6.07) is -0.136. The maximum Gasteiger partial charge on any atom is 0.247 e. The number of nitrogens with two attached hydrogens (primary N) is 1. The fraction of sp³-hybridized carbons (Fsp3) is 0.769. The molecule has 1 aliphatic rings. The smallest absolute Gasteiger partial charge is 0.247 e. The highest BCUT2D eigenvalue weighted by molar-refractivity contribution is 5.92. The van der Waals surface area contributed by atoms with Gasteiger partial charge in [0.05, 0.1) is 6.54 Å². The Balaban J connectivity index is 2.96. The third-order valence-electron chi connectivity index (χ3n) is 3.53. The number of carbonyl (C=O) groups excluding carboxylic acids is 3. The minimum absolute atomic E-state index is 0.136. The molecule has 2 atom stereocenters. The van der Waals surface area contributed by atoms with Gasteiger partial charge < -0.3 is 21.7 Å². The normalized spacial score (nSPS) is 21.2. The number of nitrogens with one attached hydrogen (secondary N) is 3. The minimum Gasteiger partial charge on any atom is -0.368 e. The molecule has 3 amide bonds. The summed E-state index contributed by atoms with van der Waals surface area (Å²) in [5.74, 6) is -0.761. The van der Waals surface area contributed by atoms with E-state index >= 15 is 0 Å². The second-order valence-electron chi connectivity index (χ2n) is 5.63. The monoisotopic (exact) mass is 284 g/mol. The number of rotatable bonds is 8. The summed E-state index contributed by atoms with van der Waals surface area (Å²) in [5, 5.41) is 8.46. The van der Waals surface area contributed by atoms with Gasteiger partial charge in [-0.25, -0.2) is 0 Å². The molecule has 20 heavy (non-hydrogen) atoms. The van der Waals surface area contributed by atoms with Gasteiger partial charge in [0.1, 0.15) is 5.54 Å². The number of amides is 3. The van der Waals surface area contributed by atoms with Gasteiger partial charge in [-0.1, -0.05) is 13.8 Å². The summed E-state index contributed by atoms with van der Waals surface area (Å²) < 4.78 is 0. The molecule has 1 fully saturated rings. The van der Waals surface area contributed by atoms with E-state index in [2.05, 4.69) is 16.0 Å². The molecule has 1 aliphatic heterocycles. The van der Waals surface area contributed by atoms with Crippen molar-refractivity contribution in [2.24, 2.45) is 11.7 Å². The SMILES string of the molecule is CC(C)CC(NC=O)(C(=O)NCC(N)=O)C1CCCN1. The van der Waals surface area contributed by atoms with Crippen LogP contribution < -0.4 is 21.7 Å². The maximum absolute atomic E-state index is 12.5. The van der Waals surface area contributed by atoms with Crippen LogP contribution in [0.1, 0.15) is 33.1 Å². The molecule has 1 saturated heterocycles. The highest BCUT2D eigenvalue weighted by atomic mass is 16.2. The zero-order valence-electron chi connectivity index (χ0n) is 12.1. The Hall–Kier alpha value is -1.63. The third-order valence-corrected chi connectivity index (χ3v) is 3.53. The molecule has 0 saturated carbocycles. The predicted molar refractivity (Wildman–Crippen MR) is 74.6 cm³/mol. The molecule has 0 bridgehead atoms. The standard InChI is InChI=1S/C13H24N4O3/c1-9(2)6-13(17-8-18,10-4-3-5-15-10)12(20)16-7-11(14)19/h8-10,15H,3-7H2,1-2H3,(H2,14,19)(H,16,20)(H,17,18). The predicted octanol–water partition coefficient (Wildman–Crippen LogP) is -1.13. The number of carbonyl (C=O) groups is 3. The van der Waals surface area contributed by atoms with Crippen LogP contribution >= 0.6 is 0 Å². The zero-order valence-corrected chi connectivity index (χ0v) is 12.1. The van der Waals surface area contributed by atoms with Crippen molar-refractivity contribution in [3.63, 3.8) is 0 Å². The fourth-order valence-electron chi connectivity index (χ4n) is 2.80. The van der Waals surface area contributed by atoms with Gasteiger partial charge in [0.15, 0.2) is 0 Å². The molecule has 0 aromatic rings. The second kappa shape index (κ2) is 7.23. The lowest BCUT2D eigenvalue weighted by atomic mass is 9.80. The summed E-state index contributed by atoms with van der Waals surface area (Å²) in [4.78, 5) is 34.3. The average molecular weight is 284 g/mol. The number of primary amides is 1. The molecule has 0 aromatic heterocycles. The average Bonchev–Trinajstić information content (AvgIpc) is 2.88. The highest BCUT2D eigenvalue weighted by Crippen LogP contribution is 2.26. The van der Waals surface area contributed by atoms with Crippen molar-refractivity contribution in [3.05, 3.63) is 0 Å². The summed E-state index contributed by atoms with van der Waals surface area (Å²) >= 11 is 0. The topological polar surface area (TPSA) is 113 Å². The quantitative estimate of drug-likeness (QED) is 0.422. The Morgan fingerprint density at radius 3 is 2.65 bits per heavy atom. The van der Waals surface area contributed by atoms with E-state index in [0.29, 0.717) is 12.8 Å². The van der Waals surface area contributed by atoms with Gasteiger partial charge in [0, 0.05) is 6.04 Å². The lowest BCUT2D eigenvalue weighted by Crippen LogP contribution is -2.67. The van der Waals surface area contributed by atoms with Crippen LogP contribution in [0.4, 0.5) is 0 Å². The van der Waals surface area contributed by atoms with Gasteiger partial charge >= 0.3 is 0 Å². The number of hydrogen-bond donors (Lipinski definition) is 4. The van der Waals surface area contributed by atoms with E-state index in [1.165, 1.54) is 0 Å². The first-order chi connectivity index (χ1) is 9.42. The van der Waals surface area contributed by atoms with E-state index in [9.17, 15) is 14.4 Å². The third kappa shape index (κ3) is 3.93. The van der Waals surface area contributed by atoms with E-state index in [4.69, 9.17) is 5.73 Å². The van der Waals surface area contributed by atoms with E-state index in [-0.39, 0.29) is 24.4 Å². The summed E-state index contributed by atoms with van der Waals surface area (Å²) in [6.07, 6.45) is 2.80. The van der Waals surface area contributed by atoms with E-state index < -0.39 is 11.4 Å². The molecule has 5 N–H and O–H groups in total. The van der Waals surface area contributed by atoms with Crippen LogP contribution in [0.2, 0.25) is 0 Å². The lowest BCUT2D eigenvalue weighted by molar-refractivity contribution is -0.133. The number of hydrogen-bond acceptors (Lipinski definition) is 4. The first-order valence-electron chi connectivity index (χ1n) is 6.93. The first kappa shape index (κ1) is 16.4. The van der Waals surface area contributed by atoms with Crippen LogP contribution in [0.15, 0.2) is 0 Å². The van der Waals surface area contributed by atoms with Crippen molar-refractivity contribution in [1.29, 1.82) is 0 Å². The fourth-order valence-corrected chi connectivity index (χ4v) is 2.80. The van der Waals surface area contributed by atoms with Crippen LogP contribution in [0.25, 0.3) is 0 Å². The summed E-state index contributed by atoms with van der Waals surface area (Å²) in [7, 11) is 0. The van der Waals surface area contributed by atoms with Gasteiger partial charge in [-0.05, 0) is 31.7 Å². The van der Waals surface area contributed by atoms with E-state index in [0.717, 1.165) is 19.4 Å². The largest absolute Gasteiger partial charge is 0.368 e. The molecular formula is C13H24N4O3. The molecule has 1 heterocycles. The second-order valence-corrected chi connectivity index (χ2v) is 5.63. The van der Waals surface area contributed by atoms with E-state index in [1.807, 2.05) is 13.8 Å². The molecular weight excluding hydrogens is 260 g/mol. The van der Waals surface area contributed by atoms with E-state index in [1.54, 1.807) is 0 Å². The van der Waals surface area contributed by atoms with Crippen molar-refractivity contribution >= 4 is 18.2 Å². The highest BCUT2D eigenvalue weighted by Gasteiger charge is 2.46. The summed E-state index contributed by atoms with van der Waals surface area (Å²) in [5.41, 5.74) is 4.01. The van der Waals surface area contributed by atoms with Crippen molar-refractivity contribution < 1.29 is 14.4 Å². The van der Waals surface area contributed by atoms with Crippen molar-refractivity contribution in [2.45, 2.75) is 44.7 Å². The Morgan fingerprint density at radius 2 is 2.20 bits per heavy atom. The molecule has 2 unspecified atom stereocenters. The zero-order chi connectivity index (χ0) is 15.2. The van der Waals surface area contributed by atoms with Crippen molar-refractivity contribution in [3.8, 4) is 0 Å². The molecule has 7 heteroatoms. The molecule has 0 spiro atoms. The maximum atomic E-state index is 12.5. The van der Waals surface area contributed by atoms with Gasteiger partial charge in [-0.2, -0.15) is 0 Å². The van der Waals surface area contributed by atoms with Gasteiger partial charge in [-0.3, -0.25) is 14.4 Å². The lowest BCUT2D eigenvalue weighted by Gasteiger charge is -2.38. The van der Waals surface area contributed by atoms with Crippen LogP contribution in [0.3, 0.4) is 0 Å². The molecule has 0 aliphatic carbocycles. The first-order valence-corrected chi connectivity index (χ1v) is 6.93. The summed E-state index contributed by atoms with van der Waals surface area (Å²) in [6.45, 7) is 4.55. The minimum atomic E-state index is -1.04. The Kier molecular flexibility index (Phi) is 5.94. The van der Waals surface area contributed by atoms with Crippen molar-refractivity contribution in [2.75, 3.05) is 13.1 Å². The molecule has 7 nitrogen and oxygen atoms in total. The molecule has 1 rings (SSSR count). The van der Waals surface area contributed by atoms with Crippen molar-refractivity contribution in [1.82, 2.24) is 16.0 Å². The van der Waals surface area contributed by atoms with Crippen LogP contribution in [0.5, 0.6) is 0 Å². The Bertz CT molecular complexity index is 367. The van der Waals surface area contributed by atoms with Gasteiger partial charge in [0.25, 0.3) is 0 Å². The molecule has 0 radical (unpaired) electrons. The Morgan fingerprint density at radius 1 is 1.50 bits per heavy atom. The van der Waals surface area contributed by atoms with Crippen LogP contribution in [0, 0.1) is 5.92 Å².